The van der Waals surface area contributed by atoms with Gasteiger partial charge in [-0.05, 0) is 46.5 Å². The third-order valence-corrected chi connectivity index (χ3v) is 5.18. The molecular weight excluding hydrogens is 324 g/mol. The summed E-state index contributed by atoms with van der Waals surface area (Å²) in [5.41, 5.74) is 1.29. The Morgan fingerprint density at radius 2 is 2.16 bits per heavy atom. The molecule has 2 unspecified atom stereocenters. The van der Waals surface area contributed by atoms with Gasteiger partial charge in [0.15, 0.2) is 0 Å². The van der Waals surface area contributed by atoms with Crippen molar-refractivity contribution in [2.45, 2.75) is 45.3 Å². The van der Waals surface area contributed by atoms with Crippen molar-refractivity contribution < 1.29 is 0 Å². The summed E-state index contributed by atoms with van der Waals surface area (Å²) in [6.07, 6.45) is 2.38. The monoisotopic (exact) mass is 344 g/mol. The van der Waals surface area contributed by atoms with Crippen LogP contribution in [0, 0.1) is 0 Å². The quantitative estimate of drug-likeness (QED) is 0.885. The van der Waals surface area contributed by atoms with Crippen LogP contribution in [0.2, 0.25) is 5.02 Å². The maximum Gasteiger partial charge on any atom is 0.0551 e. The van der Waals surface area contributed by atoms with Crippen molar-refractivity contribution >= 4 is 27.5 Å². The largest absolute Gasteiger partial charge is 0.311 e. The fourth-order valence-corrected chi connectivity index (χ4v) is 3.12. The molecule has 0 amide bonds. The lowest BCUT2D eigenvalue weighted by Crippen LogP contribution is -2.55. The Hall–Kier alpha value is -0.0900. The molecule has 0 spiro atoms. The minimum atomic E-state index is 0.619. The van der Waals surface area contributed by atoms with Gasteiger partial charge in [-0.3, -0.25) is 4.90 Å². The number of benzene rings is 1. The van der Waals surface area contributed by atoms with Gasteiger partial charge < -0.3 is 5.32 Å². The summed E-state index contributed by atoms with van der Waals surface area (Å²) in [6, 6.07) is 7.52. The first-order chi connectivity index (χ1) is 9.13. The summed E-state index contributed by atoms with van der Waals surface area (Å²) in [6.45, 7) is 7.73. The molecule has 1 aliphatic heterocycles. The maximum absolute atomic E-state index is 6.18. The summed E-state index contributed by atoms with van der Waals surface area (Å²) in [7, 11) is 0. The third-order valence-electron chi connectivity index (χ3n) is 3.95. The van der Waals surface area contributed by atoms with Gasteiger partial charge >= 0.3 is 0 Å². The Morgan fingerprint density at radius 3 is 2.79 bits per heavy atom. The number of nitrogens with zero attached hydrogens (tertiary/aromatic N) is 1. The van der Waals surface area contributed by atoms with Gasteiger partial charge in [0.05, 0.1) is 5.02 Å². The van der Waals surface area contributed by atoms with Crippen molar-refractivity contribution in [1.82, 2.24) is 10.2 Å². The van der Waals surface area contributed by atoms with E-state index >= 15 is 0 Å². The molecule has 0 saturated carbocycles. The molecule has 106 valence electrons. The first-order valence-electron chi connectivity index (χ1n) is 7.05. The zero-order valence-electron chi connectivity index (χ0n) is 11.6. The van der Waals surface area contributed by atoms with Gasteiger partial charge in [-0.15, -0.1) is 0 Å². The molecule has 4 heteroatoms. The lowest BCUT2D eigenvalue weighted by Gasteiger charge is -2.40. The number of halogens is 2. The molecule has 1 aromatic rings. The smallest absolute Gasteiger partial charge is 0.0551 e. The summed E-state index contributed by atoms with van der Waals surface area (Å²) < 4.78 is 0.969. The molecule has 2 rings (SSSR count). The standard InChI is InChI=1S/C15H22BrClN2/c1-3-12-10-19(13(4-2)8-18-12)9-11-5-6-14(16)15(17)7-11/h5-7,12-13,18H,3-4,8-10H2,1-2H3. The van der Waals surface area contributed by atoms with E-state index in [1.165, 1.54) is 18.4 Å². The average molecular weight is 346 g/mol. The highest BCUT2D eigenvalue weighted by molar-refractivity contribution is 9.10. The molecule has 2 nitrogen and oxygen atoms in total. The Balaban J connectivity index is 2.07. The van der Waals surface area contributed by atoms with Crippen LogP contribution in [-0.4, -0.2) is 30.1 Å². The predicted octanol–water partition coefficient (Wildman–Crippen LogP) is 4.06. The molecule has 1 heterocycles. The number of nitrogens with one attached hydrogen (secondary N) is 1. The van der Waals surface area contributed by atoms with Crippen molar-refractivity contribution in [2.75, 3.05) is 13.1 Å². The molecule has 0 aliphatic carbocycles. The van der Waals surface area contributed by atoms with Crippen LogP contribution in [0.1, 0.15) is 32.3 Å². The zero-order valence-corrected chi connectivity index (χ0v) is 14.0. The molecule has 1 aliphatic rings. The van der Waals surface area contributed by atoms with E-state index in [4.69, 9.17) is 11.6 Å². The summed E-state index contributed by atoms with van der Waals surface area (Å²) in [5, 5.41) is 4.43. The lowest BCUT2D eigenvalue weighted by molar-refractivity contribution is 0.117. The summed E-state index contributed by atoms with van der Waals surface area (Å²) in [5.74, 6) is 0. The Kier molecular flexibility index (Phi) is 5.70. The Labute approximate surface area is 129 Å². The molecule has 0 aromatic heterocycles. The second kappa shape index (κ2) is 7.07. The van der Waals surface area contributed by atoms with Gasteiger partial charge in [-0.1, -0.05) is 31.5 Å². The van der Waals surface area contributed by atoms with E-state index in [-0.39, 0.29) is 0 Å². The van der Waals surface area contributed by atoms with Crippen molar-refractivity contribution in [3.63, 3.8) is 0 Å². The Bertz CT molecular complexity index is 425. The minimum Gasteiger partial charge on any atom is -0.311 e. The molecule has 1 saturated heterocycles. The van der Waals surface area contributed by atoms with Gasteiger partial charge in [0.25, 0.3) is 0 Å². The van der Waals surface area contributed by atoms with Crippen LogP contribution in [0.5, 0.6) is 0 Å². The van der Waals surface area contributed by atoms with E-state index in [1.807, 2.05) is 6.07 Å². The molecule has 19 heavy (non-hydrogen) atoms. The predicted molar refractivity (Wildman–Crippen MR) is 85.7 cm³/mol. The minimum absolute atomic E-state index is 0.619. The zero-order chi connectivity index (χ0) is 13.8. The molecule has 1 N–H and O–H groups in total. The lowest BCUT2D eigenvalue weighted by atomic mass is 10.0. The van der Waals surface area contributed by atoms with Crippen molar-refractivity contribution in [3.05, 3.63) is 33.3 Å². The highest BCUT2D eigenvalue weighted by atomic mass is 79.9. The first-order valence-corrected chi connectivity index (χ1v) is 8.22. The number of rotatable bonds is 4. The average Bonchev–Trinajstić information content (AvgIpc) is 2.43. The molecule has 0 radical (unpaired) electrons. The van der Waals surface area contributed by atoms with Crippen LogP contribution >= 0.6 is 27.5 Å². The van der Waals surface area contributed by atoms with E-state index in [0.717, 1.165) is 29.1 Å². The van der Waals surface area contributed by atoms with Crippen LogP contribution in [-0.2, 0) is 6.54 Å². The van der Waals surface area contributed by atoms with Crippen LogP contribution in [0.3, 0.4) is 0 Å². The van der Waals surface area contributed by atoms with E-state index in [1.54, 1.807) is 0 Å². The topological polar surface area (TPSA) is 15.3 Å². The van der Waals surface area contributed by atoms with Gasteiger partial charge in [0, 0.05) is 36.2 Å². The van der Waals surface area contributed by atoms with Crippen LogP contribution in [0.15, 0.2) is 22.7 Å². The maximum atomic E-state index is 6.18. The normalized spacial score (nSPS) is 24.6. The van der Waals surface area contributed by atoms with Crippen molar-refractivity contribution in [3.8, 4) is 0 Å². The van der Waals surface area contributed by atoms with Gasteiger partial charge in [-0.2, -0.15) is 0 Å². The van der Waals surface area contributed by atoms with Crippen LogP contribution < -0.4 is 5.32 Å². The number of piperazine rings is 1. The molecule has 1 fully saturated rings. The highest BCUT2D eigenvalue weighted by Crippen LogP contribution is 2.25. The van der Waals surface area contributed by atoms with Gasteiger partial charge in [0.2, 0.25) is 0 Å². The first kappa shape index (κ1) is 15.3. The van der Waals surface area contributed by atoms with Crippen LogP contribution in [0.4, 0.5) is 0 Å². The van der Waals surface area contributed by atoms with E-state index in [2.05, 4.69) is 52.1 Å². The van der Waals surface area contributed by atoms with Crippen molar-refractivity contribution in [1.29, 1.82) is 0 Å². The molecular formula is C15H22BrClN2. The van der Waals surface area contributed by atoms with Gasteiger partial charge in [0.1, 0.15) is 0 Å². The summed E-state index contributed by atoms with van der Waals surface area (Å²) in [4.78, 5) is 2.59. The fraction of sp³-hybridized carbons (Fsp3) is 0.600. The molecule has 0 bridgehead atoms. The number of hydrogen-bond acceptors (Lipinski definition) is 2. The van der Waals surface area contributed by atoms with E-state index < -0.39 is 0 Å². The Morgan fingerprint density at radius 1 is 1.37 bits per heavy atom. The van der Waals surface area contributed by atoms with E-state index in [9.17, 15) is 0 Å². The van der Waals surface area contributed by atoms with Crippen LogP contribution in [0.25, 0.3) is 0 Å². The fourth-order valence-electron chi connectivity index (χ4n) is 2.67. The van der Waals surface area contributed by atoms with E-state index in [0.29, 0.717) is 12.1 Å². The van der Waals surface area contributed by atoms with Gasteiger partial charge in [-0.25, -0.2) is 0 Å². The molecule has 1 aromatic carbocycles. The SMILES string of the molecule is CCC1CN(Cc2ccc(Br)c(Cl)c2)C(CC)CN1. The summed E-state index contributed by atoms with van der Waals surface area (Å²) >= 11 is 9.63. The highest BCUT2D eigenvalue weighted by Gasteiger charge is 2.25. The second-order valence-electron chi connectivity index (χ2n) is 5.25. The third kappa shape index (κ3) is 3.94. The number of hydrogen-bond donors (Lipinski definition) is 1. The molecule has 2 atom stereocenters. The van der Waals surface area contributed by atoms with Crippen molar-refractivity contribution in [2.24, 2.45) is 0 Å². The second-order valence-corrected chi connectivity index (χ2v) is 6.51.